The standard InChI is InChI=1S/C23H26ClNO5/c1-23(2,3)21-6-12-5-20(30-14-7-13(8-14)29-4)17(24)9-15(12)18-10-19(26)16(22(27)28)11-25(18)21/h5,9-11,13-14,21H,6-8H2,1-4H3,(H,27,28)/t13-,14-,21-/m0/s1. The van der Waals surface area contributed by atoms with Crippen molar-refractivity contribution in [2.75, 3.05) is 7.11 Å². The Morgan fingerprint density at radius 2 is 1.90 bits per heavy atom. The van der Waals surface area contributed by atoms with E-state index in [0.29, 0.717) is 22.9 Å². The summed E-state index contributed by atoms with van der Waals surface area (Å²) in [7, 11) is 1.70. The zero-order chi connectivity index (χ0) is 21.8. The van der Waals surface area contributed by atoms with Crippen LogP contribution in [0.25, 0.3) is 11.3 Å². The van der Waals surface area contributed by atoms with Gasteiger partial charge in [0.25, 0.3) is 0 Å². The highest BCUT2D eigenvalue weighted by Crippen LogP contribution is 2.45. The zero-order valence-electron chi connectivity index (χ0n) is 17.6. The van der Waals surface area contributed by atoms with E-state index < -0.39 is 11.4 Å². The van der Waals surface area contributed by atoms with Crippen LogP contribution in [0.1, 0.15) is 55.6 Å². The summed E-state index contributed by atoms with van der Waals surface area (Å²) in [4.78, 5) is 24.0. The number of hydrogen-bond donors (Lipinski definition) is 1. The van der Waals surface area contributed by atoms with Gasteiger partial charge in [0, 0.05) is 43.8 Å². The number of ether oxygens (including phenoxy) is 2. The summed E-state index contributed by atoms with van der Waals surface area (Å²) >= 11 is 6.53. The number of rotatable bonds is 4. The maximum atomic E-state index is 12.4. The summed E-state index contributed by atoms with van der Waals surface area (Å²) in [5, 5.41) is 9.90. The maximum absolute atomic E-state index is 12.4. The molecule has 1 aliphatic carbocycles. The second-order valence-electron chi connectivity index (χ2n) is 9.24. The monoisotopic (exact) mass is 431 g/mol. The minimum atomic E-state index is -1.22. The molecule has 1 aromatic heterocycles. The Morgan fingerprint density at radius 3 is 2.50 bits per heavy atom. The molecule has 6 nitrogen and oxygen atoms in total. The predicted octanol–water partition coefficient (Wildman–Crippen LogP) is 4.57. The fourth-order valence-electron chi connectivity index (χ4n) is 4.29. The van der Waals surface area contributed by atoms with Crippen molar-refractivity contribution in [3.05, 3.63) is 50.8 Å². The van der Waals surface area contributed by atoms with E-state index in [0.717, 1.165) is 24.0 Å². The number of aromatic nitrogens is 1. The second kappa shape index (κ2) is 7.43. The Labute approximate surface area is 180 Å². The van der Waals surface area contributed by atoms with Gasteiger partial charge in [-0.1, -0.05) is 32.4 Å². The van der Waals surface area contributed by atoms with Crippen LogP contribution in [0.2, 0.25) is 5.02 Å². The predicted molar refractivity (Wildman–Crippen MR) is 115 cm³/mol. The van der Waals surface area contributed by atoms with Crippen molar-refractivity contribution in [3.8, 4) is 17.0 Å². The third-order valence-corrected chi connectivity index (χ3v) is 6.47. The van der Waals surface area contributed by atoms with E-state index in [2.05, 4.69) is 20.8 Å². The quantitative estimate of drug-likeness (QED) is 0.767. The fraction of sp³-hybridized carbons (Fsp3) is 0.478. The number of carbonyl (C=O) groups is 1. The van der Waals surface area contributed by atoms with E-state index in [9.17, 15) is 14.7 Å². The zero-order valence-corrected chi connectivity index (χ0v) is 18.3. The average molecular weight is 432 g/mol. The van der Waals surface area contributed by atoms with Crippen molar-refractivity contribution in [2.45, 2.75) is 58.3 Å². The average Bonchev–Trinajstić information content (AvgIpc) is 2.62. The van der Waals surface area contributed by atoms with Crippen LogP contribution in [0.3, 0.4) is 0 Å². The van der Waals surface area contributed by atoms with Gasteiger partial charge in [-0.05, 0) is 29.5 Å². The lowest BCUT2D eigenvalue weighted by Crippen LogP contribution is -2.39. The third kappa shape index (κ3) is 3.63. The SMILES string of the molecule is CO[C@H]1C[C@H](Oc2cc3c(cc2Cl)-c2cc(=O)c(C(=O)O)cn2[C@H](C(C)(C)C)C3)C1. The molecule has 0 spiro atoms. The first-order chi connectivity index (χ1) is 14.1. The van der Waals surface area contributed by atoms with Crippen molar-refractivity contribution >= 4 is 17.6 Å². The Hall–Kier alpha value is -2.31. The summed E-state index contributed by atoms with van der Waals surface area (Å²) in [5.41, 5.74) is 1.68. The number of methoxy groups -OCH3 is 1. The first kappa shape index (κ1) is 20.9. The van der Waals surface area contributed by atoms with Crippen molar-refractivity contribution in [3.63, 3.8) is 0 Å². The molecule has 4 rings (SSSR count). The molecule has 1 N–H and O–H groups in total. The van der Waals surface area contributed by atoms with Crippen LogP contribution in [0.4, 0.5) is 0 Å². The lowest BCUT2D eigenvalue weighted by atomic mass is 9.79. The fourth-order valence-corrected chi connectivity index (χ4v) is 4.50. The van der Waals surface area contributed by atoms with Crippen LogP contribution in [-0.4, -0.2) is 35.0 Å². The molecule has 1 atom stereocenters. The highest BCUT2D eigenvalue weighted by molar-refractivity contribution is 6.32. The summed E-state index contributed by atoms with van der Waals surface area (Å²) < 4.78 is 13.3. The Kier molecular flexibility index (Phi) is 5.19. The number of halogens is 1. The molecular formula is C23H26ClNO5. The van der Waals surface area contributed by atoms with Crippen LogP contribution < -0.4 is 10.2 Å². The smallest absolute Gasteiger partial charge is 0.341 e. The molecular weight excluding hydrogens is 406 g/mol. The highest BCUT2D eigenvalue weighted by Gasteiger charge is 2.35. The number of aromatic carboxylic acids is 1. The number of hydrogen-bond acceptors (Lipinski definition) is 4. The van der Waals surface area contributed by atoms with Crippen LogP contribution in [0.5, 0.6) is 5.75 Å². The van der Waals surface area contributed by atoms with E-state index in [-0.39, 0.29) is 29.2 Å². The largest absolute Gasteiger partial charge is 0.489 e. The van der Waals surface area contributed by atoms with Crippen molar-refractivity contribution in [1.82, 2.24) is 4.57 Å². The van der Waals surface area contributed by atoms with E-state index in [1.807, 2.05) is 16.7 Å². The second-order valence-corrected chi connectivity index (χ2v) is 9.65. The number of benzene rings is 1. The molecule has 2 aromatic rings. The van der Waals surface area contributed by atoms with Gasteiger partial charge in [0.05, 0.1) is 16.8 Å². The lowest BCUT2D eigenvalue weighted by molar-refractivity contribution is -0.0380. The summed E-state index contributed by atoms with van der Waals surface area (Å²) in [6.45, 7) is 6.33. The van der Waals surface area contributed by atoms with Gasteiger partial charge in [-0.15, -0.1) is 0 Å². The van der Waals surface area contributed by atoms with Crippen molar-refractivity contribution < 1.29 is 19.4 Å². The molecule has 30 heavy (non-hydrogen) atoms. The minimum Gasteiger partial charge on any atom is -0.489 e. The van der Waals surface area contributed by atoms with Gasteiger partial charge in [0.15, 0.2) is 5.43 Å². The Bertz CT molecular complexity index is 1060. The number of carboxylic acids is 1. The molecule has 2 aliphatic rings. The van der Waals surface area contributed by atoms with Gasteiger partial charge in [-0.25, -0.2) is 4.79 Å². The molecule has 0 radical (unpaired) electrons. The summed E-state index contributed by atoms with van der Waals surface area (Å²) in [6, 6.07) is 5.18. The molecule has 0 amide bonds. The van der Waals surface area contributed by atoms with Gasteiger partial charge in [0.2, 0.25) is 0 Å². The Balaban J connectivity index is 1.79. The van der Waals surface area contributed by atoms with Crippen molar-refractivity contribution in [1.29, 1.82) is 0 Å². The molecule has 0 bridgehead atoms. The van der Waals surface area contributed by atoms with Gasteiger partial charge in [0.1, 0.15) is 17.4 Å². The third-order valence-electron chi connectivity index (χ3n) is 6.17. The van der Waals surface area contributed by atoms with Crippen LogP contribution in [0.15, 0.2) is 29.2 Å². The highest BCUT2D eigenvalue weighted by atomic mass is 35.5. The first-order valence-electron chi connectivity index (χ1n) is 10.1. The first-order valence-corrected chi connectivity index (χ1v) is 10.5. The number of pyridine rings is 1. The molecule has 0 saturated heterocycles. The summed E-state index contributed by atoms with van der Waals surface area (Å²) in [6.07, 6.45) is 4.15. The van der Waals surface area contributed by atoms with Gasteiger partial charge in [-0.2, -0.15) is 0 Å². The Morgan fingerprint density at radius 1 is 1.20 bits per heavy atom. The van der Waals surface area contributed by atoms with Crippen molar-refractivity contribution in [2.24, 2.45) is 5.41 Å². The minimum absolute atomic E-state index is 0.0192. The number of nitrogens with zero attached hydrogens (tertiary/aromatic N) is 1. The number of carboxylic acid groups (broad SMARTS) is 1. The molecule has 0 unspecified atom stereocenters. The molecule has 7 heteroatoms. The molecule has 1 saturated carbocycles. The maximum Gasteiger partial charge on any atom is 0.341 e. The van der Waals surface area contributed by atoms with Gasteiger partial charge < -0.3 is 19.1 Å². The molecule has 160 valence electrons. The molecule has 2 heterocycles. The normalized spacial score (nSPS) is 22.6. The molecule has 1 aliphatic heterocycles. The molecule has 1 fully saturated rings. The van der Waals surface area contributed by atoms with Crippen LogP contribution >= 0.6 is 11.6 Å². The van der Waals surface area contributed by atoms with E-state index >= 15 is 0 Å². The van der Waals surface area contributed by atoms with Gasteiger partial charge >= 0.3 is 5.97 Å². The summed E-state index contributed by atoms with van der Waals surface area (Å²) in [5.74, 6) is -0.578. The number of fused-ring (bicyclic) bond motifs is 3. The van der Waals surface area contributed by atoms with Crippen LogP contribution in [-0.2, 0) is 11.2 Å². The van der Waals surface area contributed by atoms with E-state index in [1.165, 1.54) is 12.3 Å². The lowest BCUT2D eigenvalue weighted by Gasteiger charge is -2.39. The van der Waals surface area contributed by atoms with Gasteiger partial charge in [-0.3, -0.25) is 4.79 Å². The topological polar surface area (TPSA) is 77.8 Å². The van der Waals surface area contributed by atoms with Crippen LogP contribution in [0, 0.1) is 5.41 Å². The van der Waals surface area contributed by atoms with E-state index in [1.54, 1.807) is 7.11 Å². The molecule has 1 aromatic carbocycles. The van der Waals surface area contributed by atoms with E-state index in [4.69, 9.17) is 21.1 Å².